The Morgan fingerprint density at radius 1 is 1.48 bits per heavy atom. The van der Waals surface area contributed by atoms with Gasteiger partial charge in [0.1, 0.15) is 5.65 Å². The van der Waals surface area contributed by atoms with Crippen LogP contribution in [0.25, 0.3) is 11.0 Å². The zero-order valence-electron chi connectivity index (χ0n) is 11.9. The first-order valence-electron chi connectivity index (χ1n) is 7.08. The number of halogens is 1. The molecule has 0 spiro atoms. The number of nitrogens with two attached hydrogens (primary N) is 1. The third-order valence-electron chi connectivity index (χ3n) is 3.67. The van der Waals surface area contributed by atoms with Gasteiger partial charge in [-0.2, -0.15) is 0 Å². The fourth-order valence-electron chi connectivity index (χ4n) is 2.51. The molecule has 110 valence electrons. The maximum atomic E-state index is 6.13. The summed E-state index contributed by atoms with van der Waals surface area (Å²) in [6, 6.07) is 6.51. The summed E-state index contributed by atoms with van der Waals surface area (Å²) in [5.41, 5.74) is 8.46. The molecule has 3 aromatic rings. The smallest absolute Gasteiger partial charge is 0.140 e. The molecule has 0 aromatic carbocycles. The van der Waals surface area contributed by atoms with Crippen LogP contribution in [0.2, 0.25) is 0 Å². The van der Waals surface area contributed by atoms with Crippen molar-refractivity contribution in [2.75, 3.05) is 0 Å². The molecule has 3 heterocycles. The van der Waals surface area contributed by atoms with E-state index in [-0.39, 0.29) is 6.04 Å². The number of fused-ring (bicyclic) bond motifs is 1. The molecule has 0 radical (unpaired) electrons. The summed E-state index contributed by atoms with van der Waals surface area (Å²) in [7, 11) is 0. The molecule has 3 nitrogen and oxygen atoms in total. The molecule has 0 aliphatic rings. The van der Waals surface area contributed by atoms with Crippen LogP contribution in [0.4, 0.5) is 0 Å². The van der Waals surface area contributed by atoms with Gasteiger partial charge in [0.15, 0.2) is 0 Å². The highest BCUT2D eigenvalue weighted by molar-refractivity contribution is 9.10. The van der Waals surface area contributed by atoms with E-state index in [0.29, 0.717) is 0 Å². The molecule has 5 heteroatoms. The van der Waals surface area contributed by atoms with E-state index in [0.717, 1.165) is 29.5 Å². The summed E-state index contributed by atoms with van der Waals surface area (Å²) in [5, 5.41) is 3.33. The lowest BCUT2D eigenvalue weighted by molar-refractivity contribution is 0.646. The van der Waals surface area contributed by atoms with Gasteiger partial charge in [-0.1, -0.05) is 6.92 Å². The number of nitrogens with zero attached hydrogens (tertiary/aromatic N) is 2. The minimum absolute atomic E-state index is 0.208. The molecule has 0 fully saturated rings. The molecule has 2 N–H and O–H groups in total. The van der Waals surface area contributed by atoms with Crippen LogP contribution in [-0.2, 0) is 13.0 Å². The number of aromatic nitrogens is 2. The molecule has 0 saturated carbocycles. The second-order valence-electron chi connectivity index (χ2n) is 5.26. The van der Waals surface area contributed by atoms with Gasteiger partial charge < -0.3 is 10.3 Å². The maximum Gasteiger partial charge on any atom is 0.140 e. The lowest BCUT2D eigenvalue weighted by Crippen LogP contribution is -2.21. The third-order valence-corrected chi connectivity index (χ3v) is 5.35. The van der Waals surface area contributed by atoms with E-state index < -0.39 is 0 Å². The van der Waals surface area contributed by atoms with Crippen molar-refractivity contribution >= 4 is 38.3 Å². The first kappa shape index (κ1) is 14.8. The topological polar surface area (TPSA) is 43.8 Å². The first-order valence-corrected chi connectivity index (χ1v) is 8.76. The van der Waals surface area contributed by atoms with Crippen molar-refractivity contribution in [2.24, 2.45) is 5.73 Å². The largest absolute Gasteiger partial charge is 0.327 e. The predicted octanol–water partition coefficient (Wildman–Crippen LogP) is 4.19. The summed E-state index contributed by atoms with van der Waals surface area (Å²) in [4.78, 5) is 5.87. The van der Waals surface area contributed by atoms with Gasteiger partial charge in [0.05, 0.1) is 6.54 Å². The van der Waals surface area contributed by atoms with Crippen LogP contribution in [0.15, 0.2) is 40.4 Å². The Bertz CT molecular complexity index is 747. The Morgan fingerprint density at radius 2 is 2.33 bits per heavy atom. The van der Waals surface area contributed by atoms with Gasteiger partial charge in [0, 0.05) is 38.6 Å². The number of thiophene rings is 1. The number of hydrogen-bond donors (Lipinski definition) is 1. The fraction of sp³-hybridized carbons (Fsp3) is 0.312. The maximum absolute atomic E-state index is 6.13. The number of hydrogen-bond acceptors (Lipinski definition) is 3. The van der Waals surface area contributed by atoms with Crippen LogP contribution in [0.1, 0.15) is 23.8 Å². The number of rotatable bonds is 5. The van der Waals surface area contributed by atoms with Crippen molar-refractivity contribution in [1.29, 1.82) is 0 Å². The standard InChI is InChI=1S/C16H18BrN3S/c1-2-13(18)6-11-8-20(9-14-7-12(17)10-21-14)16-15(11)4-3-5-19-16/h3-5,7-8,10,13H,2,6,9,18H2,1H3. The molecule has 3 rings (SSSR count). The van der Waals surface area contributed by atoms with E-state index in [1.807, 2.05) is 12.3 Å². The molecule has 21 heavy (non-hydrogen) atoms. The summed E-state index contributed by atoms with van der Waals surface area (Å²) in [6.45, 7) is 2.98. The van der Waals surface area contributed by atoms with Crippen LogP contribution in [0.5, 0.6) is 0 Å². The fourth-order valence-corrected chi connectivity index (χ4v) is 3.96. The molecule has 0 amide bonds. The van der Waals surface area contributed by atoms with Crippen LogP contribution >= 0.6 is 27.3 Å². The van der Waals surface area contributed by atoms with E-state index in [1.54, 1.807) is 11.3 Å². The zero-order chi connectivity index (χ0) is 14.8. The molecule has 1 atom stereocenters. The van der Waals surface area contributed by atoms with E-state index in [9.17, 15) is 0 Å². The highest BCUT2D eigenvalue weighted by Crippen LogP contribution is 2.25. The Labute approximate surface area is 136 Å². The molecular weight excluding hydrogens is 346 g/mol. The second-order valence-corrected chi connectivity index (χ2v) is 7.17. The van der Waals surface area contributed by atoms with Gasteiger partial charge >= 0.3 is 0 Å². The molecule has 3 aromatic heterocycles. The van der Waals surface area contributed by atoms with Gasteiger partial charge in [-0.05, 0) is 52.5 Å². The van der Waals surface area contributed by atoms with E-state index >= 15 is 0 Å². The van der Waals surface area contributed by atoms with E-state index in [1.165, 1.54) is 15.8 Å². The van der Waals surface area contributed by atoms with E-state index in [2.05, 4.69) is 56.1 Å². The first-order chi connectivity index (χ1) is 10.2. The lowest BCUT2D eigenvalue weighted by Gasteiger charge is -2.06. The Hall–Kier alpha value is -1.17. The predicted molar refractivity (Wildman–Crippen MR) is 92.8 cm³/mol. The van der Waals surface area contributed by atoms with Gasteiger partial charge in [-0.3, -0.25) is 0 Å². The van der Waals surface area contributed by atoms with Gasteiger partial charge in [0.25, 0.3) is 0 Å². The summed E-state index contributed by atoms with van der Waals surface area (Å²) < 4.78 is 3.37. The Kier molecular flexibility index (Phi) is 4.42. The highest BCUT2D eigenvalue weighted by Gasteiger charge is 2.12. The third kappa shape index (κ3) is 3.20. The molecule has 0 bridgehead atoms. The summed E-state index contributed by atoms with van der Waals surface area (Å²) >= 11 is 5.27. The van der Waals surface area contributed by atoms with Crippen molar-refractivity contribution in [3.05, 3.63) is 50.9 Å². The molecular formula is C16H18BrN3S. The van der Waals surface area contributed by atoms with Crippen molar-refractivity contribution in [2.45, 2.75) is 32.4 Å². The van der Waals surface area contributed by atoms with Crippen LogP contribution < -0.4 is 5.73 Å². The minimum Gasteiger partial charge on any atom is -0.327 e. The molecule has 1 unspecified atom stereocenters. The zero-order valence-corrected chi connectivity index (χ0v) is 14.3. The average molecular weight is 364 g/mol. The van der Waals surface area contributed by atoms with Gasteiger partial charge in [-0.25, -0.2) is 4.98 Å². The van der Waals surface area contributed by atoms with Crippen LogP contribution in [0, 0.1) is 0 Å². The number of pyridine rings is 1. The normalized spacial score (nSPS) is 12.9. The minimum atomic E-state index is 0.208. The van der Waals surface area contributed by atoms with Crippen molar-refractivity contribution in [1.82, 2.24) is 9.55 Å². The summed E-state index contributed by atoms with van der Waals surface area (Å²) in [6.07, 6.45) is 5.96. The quantitative estimate of drug-likeness (QED) is 0.738. The van der Waals surface area contributed by atoms with Crippen molar-refractivity contribution < 1.29 is 0 Å². The second kappa shape index (κ2) is 6.30. The highest BCUT2D eigenvalue weighted by atomic mass is 79.9. The van der Waals surface area contributed by atoms with Crippen LogP contribution in [-0.4, -0.2) is 15.6 Å². The SMILES string of the molecule is CCC(N)Cc1cn(Cc2cc(Br)cs2)c2ncccc12. The molecule has 0 aliphatic carbocycles. The van der Waals surface area contributed by atoms with Crippen molar-refractivity contribution in [3.63, 3.8) is 0 Å². The average Bonchev–Trinajstić information content (AvgIpc) is 3.04. The van der Waals surface area contributed by atoms with Gasteiger partial charge in [-0.15, -0.1) is 11.3 Å². The summed E-state index contributed by atoms with van der Waals surface area (Å²) in [5.74, 6) is 0. The monoisotopic (exact) mass is 363 g/mol. The molecule has 0 saturated heterocycles. The Balaban J connectivity index is 1.98. The van der Waals surface area contributed by atoms with E-state index in [4.69, 9.17) is 5.73 Å². The van der Waals surface area contributed by atoms with Crippen molar-refractivity contribution in [3.8, 4) is 0 Å². The Morgan fingerprint density at radius 3 is 3.05 bits per heavy atom. The van der Waals surface area contributed by atoms with Crippen LogP contribution in [0.3, 0.4) is 0 Å². The lowest BCUT2D eigenvalue weighted by atomic mass is 10.1. The van der Waals surface area contributed by atoms with Gasteiger partial charge in [0.2, 0.25) is 0 Å². The molecule has 0 aliphatic heterocycles.